The molecule has 4 rings (SSSR count). The van der Waals surface area contributed by atoms with E-state index in [1.807, 2.05) is 0 Å². The second kappa shape index (κ2) is 7.31. The number of esters is 1. The van der Waals surface area contributed by atoms with Gasteiger partial charge in [-0.3, -0.25) is 14.2 Å². The number of nitrogens with zero attached hydrogens (tertiary/aromatic N) is 2. The second-order valence-corrected chi connectivity index (χ2v) is 9.35. The molecule has 2 heterocycles. The van der Waals surface area contributed by atoms with Crippen LogP contribution in [0.2, 0.25) is 0 Å². The van der Waals surface area contributed by atoms with Crippen molar-refractivity contribution in [2.75, 3.05) is 13.1 Å². The van der Waals surface area contributed by atoms with Crippen molar-refractivity contribution in [3.63, 3.8) is 0 Å². The van der Waals surface area contributed by atoms with E-state index in [-0.39, 0.29) is 41.5 Å². The maximum atomic E-state index is 13.0. The molecule has 1 saturated carbocycles. The number of rotatable bonds is 5. The molecule has 2 aromatic rings. The Morgan fingerprint density at radius 3 is 2.61 bits per heavy atom. The summed E-state index contributed by atoms with van der Waals surface area (Å²) in [7, 11) is -3.74. The Labute approximate surface area is 162 Å². The Bertz CT molecular complexity index is 1070. The number of fused-ring (bicyclic) bond motifs is 1. The molecule has 0 spiro atoms. The lowest BCUT2D eigenvalue weighted by atomic mass is 9.86. The van der Waals surface area contributed by atoms with Crippen molar-refractivity contribution in [1.29, 1.82) is 0 Å². The average Bonchev–Trinajstić information content (AvgIpc) is 3.06. The number of benzene rings is 1. The normalized spacial score (nSPS) is 21.0. The fourth-order valence-electron chi connectivity index (χ4n) is 3.62. The van der Waals surface area contributed by atoms with Gasteiger partial charge >= 0.3 is 5.97 Å². The summed E-state index contributed by atoms with van der Waals surface area (Å²) in [5, 5.41) is 0.626. The molecular formula is C19H23N3O5S. The van der Waals surface area contributed by atoms with Gasteiger partial charge in [-0.15, -0.1) is 0 Å². The van der Waals surface area contributed by atoms with Crippen molar-refractivity contribution in [3.8, 4) is 0 Å². The highest BCUT2D eigenvalue weighted by atomic mass is 32.2. The van der Waals surface area contributed by atoms with Gasteiger partial charge in [0.25, 0.3) is 5.56 Å². The van der Waals surface area contributed by atoms with Crippen LogP contribution in [-0.2, 0) is 26.3 Å². The molecule has 1 aliphatic carbocycles. The lowest BCUT2D eigenvalue weighted by Gasteiger charge is -2.23. The van der Waals surface area contributed by atoms with Crippen LogP contribution in [0.25, 0.3) is 10.8 Å². The van der Waals surface area contributed by atoms with E-state index in [4.69, 9.17) is 10.5 Å². The highest BCUT2D eigenvalue weighted by Gasteiger charge is 2.32. The van der Waals surface area contributed by atoms with E-state index in [1.54, 1.807) is 18.2 Å². The van der Waals surface area contributed by atoms with Crippen molar-refractivity contribution in [1.82, 2.24) is 8.87 Å². The van der Waals surface area contributed by atoms with Crippen LogP contribution >= 0.6 is 0 Å². The fraction of sp³-hybridized carbons (Fsp3) is 0.474. The summed E-state index contributed by atoms with van der Waals surface area (Å²) in [5.41, 5.74) is 5.45. The second-order valence-electron chi connectivity index (χ2n) is 7.44. The van der Waals surface area contributed by atoms with E-state index < -0.39 is 15.6 Å². The van der Waals surface area contributed by atoms with Crippen molar-refractivity contribution in [2.45, 2.75) is 43.4 Å². The van der Waals surface area contributed by atoms with Gasteiger partial charge in [-0.2, -0.15) is 4.31 Å². The number of pyridine rings is 1. The Morgan fingerprint density at radius 1 is 1.18 bits per heavy atom. The molecule has 2 fully saturated rings. The molecule has 2 aliphatic rings. The zero-order valence-electron chi connectivity index (χ0n) is 15.4. The van der Waals surface area contributed by atoms with Crippen LogP contribution in [0, 0.1) is 5.92 Å². The fourth-order valence-corrected chi connectivity index (χ4v) is 5.34. The predicted molar refractivity (Wildman–Crippen MR) is 103 cm³/mol. The minimum atomic E-state index is -3.74. The first-order chi connectivity index (χ1) is 13.4. The number of nitrogens with two attached hydrogens (primary N) is 1. The molecular weight excluding hydrogens is 382 g/mol. The Morgan fingerprint density at radius 2 is 1.96 bits per heavy atom. The van der Waals surface area contributed by atoms with Crippen LogP contribution in [0.1, 0.15) is 25.7 Å². The highest BCUT2D eigenvalue weighted by molar-refractivity contribution is 7.89. The van der Waals surface area contributed by atoms with Crippen molar-refractivity contribution >= 4 is 26.8 Å². The highest BCUT2D eigenvalue weighted by Crippen LogP contribution is 2.28. The van der Waals surface area contributed by atoms with Crippen molar-refractivity contribution in [2.24, 2.45) is 11.7 Å². The molecule has 0 bridgehead atoms. The number of ether oxygens (including phenoxy) is 1. The monoisotopic (exact) mass is 405 g/mol. The van der Waals surface area contributed by atoms with Gasteiger partial charge in [0.2, 0.25) is 10.0 Å². The third-order valence-electron chi connectivity index (χ3n) is 5.57. The summed E-state index contributed by atoms with van der Waals surface area (Å²) in [4.78, 5) is 24.8. The van der Waals surface area contributed by atoms with Gasteiger partial charge in [0.15, 0.2) is 6.73 Å². The zero-order chi connectivity index (χ0) is 19.9. The van der Waals surface area contributed by atoms with Gasteiger partial charge < -0.3 is 10.5 Å². The molecule has 1 aromatic heterocycles. The average molecular weight is 405 g/mol. The van der Waals surface area contributed by atoms with Gasteiger partial charge in [-0.05, 0) is 37.5 Å². The van der Waals surface area contributed by atoms with Crippen LogP contribution in [0.3, 0.4) is 0 Å². The molecule has 9 heteroatoms. The Kier molecular flexibility index (Phi) is 4.98. The quantitative estimate of drug-likeness (QED) is 0.744. The summed E-state index contributed by atoms with van der Waals surface area (Å²) in [6.07, 6.45) is 4.76. The first-order valence-corrected chi connectivity index (χ1v) is 10.9. The summed E-state index contributed by atoms with van der Waals surface area (Å²) >= 11 is 0. The van der Waals surface area contributed by atoms with E-state index >= 15 is 0 Å². The Balaban J connectivity index is 1.65. The maximum Gasteiger partial charge on any atom is 0.310 e. The van der Waals surface area contributed by atoms with Gasteiger partial charge in [0, 0.05) is 36.1 Å². The first kappa shape index (κ1) is 19.1. The third-order valence-corrected chi connectivity index (χ3v) is 7.49. The van der Waals surface area contributed by atoms with E-state index in [9.17, 15) is 18.0 Å². The predicted octanol–water partition coefficient (Wildman–Crippen LogP) is 1.02. The summed E-state index contributed by atoms with van der Waals surface area (Å²) in [6.45, 7) is 0.461. The molecule has 1 atom stereocenters. The van der Waals surface area contributed by atoms with E-state index in [1.165, 1.54) is 21.1 Å². The molecule has 1 aromatic carbocycles. The molecule has 150 valence electrons. The molecule has 28 heavy (non-hydrogen) atoms. The SMILES string of the molecule is N[C@@H]1CCN(S(=O)(=O)c2cccc3c(=O)n(COC(=O)C4CCC4)ccc23)C1. The summed E-state index contributed by atoms with van der Waals surface area (Å²) in [5.74, 6) is -0.361. The molecule has 2 N–H and O–H groups in total. The minimum Gasteiger partial charge on any atom is -0.444 e. The van der Waals surface area contributed by atoms with Crippen LogP contribution in [0.15, 0.2) is 40.2 Å². The third kappa shape index (κ3) is 3.34. The smallest absolute Gasteiger partial charge is 0.310 e. The van der Waals surface area contributed by atoms with Crippen LogP contribution in [0.5, 0.6) is 0 Å². The van der Waals surface area contributed by atoms with Gasteiger partial charge in [0.05, 0.1) is 10.8 Å². The number of sulfonamides is 1. The standard InChI is InChI=1S/C19H23N3O5S/c20-14-7-10-22(11-14)28(25,26)17-6-2-5-16-15(17)8-9-21(18(16)23)12-27-19(24)13-3-1-4-13/h2,5-6,8-9,13-14H,1,3-4,7,10-12,20H2/t14-/m1/s1. The zero-order valence-corrected chi connectivity index (χ0v) is 16.2. The van der Waals surface area contributed by atoms with E-state index in [0.29, 0.717) is 18.4 Å². The van der Waals surface area contributed by atoms with Crippen LogP contribution in [0.4, 0.5) is 0 Å². The van der Waals surface area contributed by atoms with Gasteiger partial charge in [-0.25, -0.2) is 8.42 Å². The van der Waals surface area contributed by atoms with Crippen LogP contribution < -0.4 is 11.3 Å². The molecule has 0 unspecified atom stereocenters. The number of hydrogen-bond donors (Lipinski definition) is 1. The van der Waals surface area contributed by atoms with Gasteiger partial charge in [-0.1, -0.05) is 12.5 Å². The lowest BCUT2D eigenvalue weighted by Crippen LogP contribution is -2.32. The summed E-state index contributed by atoms with van der Waals surface area (Å²) in [6, 6.07) is 6.04. The topological polar surface area (TPSA) is 112 Å². The van der Waals surface area contributed by atoms with Crippen molar-refractivity contribution in [3.05, 3.63) is 40.8 Å². The van der Waals surface area contributed by atoms with E-state index in [2.05, 4.69) is 0 Å². The first-order valence-electron chi connectivity index (χ1n) is 9.42. The summed E-state index contributed by atoms with van der Waals surface area (Å²) < 4.78 is 33.9. The largest absolute Gasteiger partial charge is 0.444 e. The number of carbonyl (C=O) groups is 1. The maximum absolute atomic E-state index is 13.0. The number of carbonyl (C=O) groups excluding carboxylic acids is 1. The molecule has 0 amide bonds. The molecule has 1 saturated heterocycles. The van der Waals surface area contributed by atoms with Crippen molar-refractivity contribution < 1.29 is 17.9 Å². The van der Waals surface area contributed by atoms with Gasteiger partial charge in [0.1, 0.15) is 0 Å². The van der Waals surface area contributed by atoms with Crippen LogP contribution in [-0.4, -0.2) is 42.4 Å². The number of aromatic nitrogens is 1. The molecule has 1 aliphatic heterocycles. The molecule has 0 radical (unpaired) electrons. The lowest BCUT2D eigenvalue weighted by molar-refractivity contribution is -0.155. The van der Waals surface area contributed by atoms with E-state index in [0.717, 1.165) is 19.3 Å². The Hall–Kier alpha value is -2.23. The number of hydrogen-bond acceptors (Lipinski definition) is 6. The minimum absolute atomic E-state index is 0.0697. The molecule has 8 nitrogen and oxygen atoms in total.